The second-order valence-corrected chi connectivity index (χ2v) is 4.93. The largest absolute Gasteiger partial charge is 0.359 e. The molecule has 0 radical (unpaired) electrons. The van der Waals surface area contributed by atoms with Gasteiger partial charge in [0, 0.05) is 6.04 Å². The molecule has 1 rings (SSSR count). The molecular formula is C10H14ClN3S. The molecule has 0 aliphatic heterocycles. The molecule has 1 aromatic rings. The first-order valence-electron chi connectivity index (χ1n) is 4.91. The molecule has 82 valence electrons. The van der Waals surface area contributed by atoms with Crippen LogP contribution in [0.15, 0.2) is 0 Å². The summed E-state index contributed by atoms with van der Waals surface area (Å²) >= 11 is 7.08. The molecule has 0 aliphatic carbocycles. The highest BCUT2D eigenvalue weighted by molar-refractivity contribution is 7.16. The number of nitrogens with zero attached hydrogens (tertiary/aromatic N) is 2. The molecule has 0 fully saturated rings. The first-order valence-corrected chi connectivity index (χ1v) is 6.10. The van der Waals surface area contributed by atoms with Gasteiger partial charge in [-0.25, -0.2) is 4.98 Å². The van der Waals surface area contributed by atoms with Crippen LogP contribution in [-0.4, -0.2) is 11.0 Å². The zero-order chi connectivity index (χ0) is 11.4. The number of hydrogen-bond acceptors (Lipinski definition) is 4. The molecule has 1 aromatic heterocycles. The van der Waals surface area contributed by atoms with Crippen molar-refractivity contribution in [2.45, 2.75) is 33.2 Å². The van der Waals surface area contributed by atoms with Crippen molar-refractivity contribution in [3.63, 3.8) is 0 Å². The van der Waals surface area contributed by atoms with Gasteiger partial charge in [0.15, 0.2) is 10.3 Å². The minimum Gasteiger partial charge on any atom is -0.359 e. The molecule has 1 heterocycles. The Morgan fingerprint density at radius 1 is 1.60 bits per heavy atom. The monoisotopic (exact) mass is 243 g/mol. The Morgan fingerprint density at radius 3 is 2.73 bits per heavy atom. The number of rotatable bonds is 4. The van der Waals surface area contributed by atoms with Crippen LogP contribution in [0, 0.1) is 17.2 Å². The Morgan fingerprint density at radius 2 is 2.27 bits per heavy atom. The maximum absolute atomic E-state index is 8.73. The lowest BCUT2D eigenvalue weighted by molar-refractivity contribution is 0.494. The fraction of sp³-hybridized carbons (Fsp3) is 0.600. The van der Waals surface area contributed by atoms with Crippen molar-refractivity contribution in [1.82, 2.24) is 4.98 Å². The number of hydrogen-bond donors (Lipinski definition) is 1. The Labute approximate surface area is 99.1 Å². The van der Waals surface area contributed by atoms with E-state index in [4.69, 9.17) is 16.9 Å². The summed E-state index contributed by atoms with van der Waals surface area (Å²) in [6, 6.07) is 2.35. The van der Waals surface area contributed by atoms with Crippen molar-refractivity contribution in [3.05, 3.63) is 10.0 Å². The van der Waals surface area contributed by atoms with E-state index in [0.29, 0.717) is 22.0 Å². The first-order chi connectivity index (χ1) is 7.08. The molecule has 0 aliphatic rings. The Balaban J connectivity index is 2.69. The third-order valence-electron chi connectivity index (χ3n) is 2.54. The van der Waals surface area contributed by atoms with E-state index in [0.717, 1.165) is 11.6 Å². The van der Waals surface area contributed by atoms with Crippen molar-refractivity contribution in [3.8, 4) is 6.07 Å². The Bertz CT molecular complexity index is 369. The van der Waals surface area contributed by atoms with Gasteiger partial charge in [0.25, 0.3) is 0 Å². The van der Waals surface area contributed by atoms with Crippen LogP contribution in [0.3, 0.4) is 0 Å². The highest BCUT2D eigenvalue weighted by Gasteiger charge is 2.14. The average Bonchev–Trinajstić information content (AvgIpc) is 2.57. The molecule has 2 unspecified atom stereocenters. The summed E-state index contributed by atoms with van der Waals surface area (Å²) in [4.78, 5) is 4.56. The van der Waals surface area contributed by atoms with E-state index in [1.807, 2.05) is 6.07 Å². The fourth-order valence-corrected chi connectivity index (χ4v) is 2.17. The molecule has 5 heteroatoms. The maximum atomic E-state index is 8.73. The zero-order valence-electron chi connectivity index (χ0n) is 9.04. The van der Waals surface area contributed by atoms with Gasteiger partial charge in [-0.3, -0.25) is 0 Å². The van der Waals surface area contributed by atoms with Crippen molar-refractivity contribution >= 4 is 28.1 Å². The highest BCUT2D eigenvalue weighted by Crippen LogP contribution is 2.27. The van der Waals surface area contributed by atoms with Crippen LogP contribution in [0.25, 0.3) is 0 Å². The standard InChI is InChI=1S/C10H14ClN3S/c1-4-6(2)7(3)13-10-14-9(11)8(5-12)15-10/h6-7H,4H2,1-3H3,(H,13,14). The lowest BCUT2D eigenvalue weighted by Crippen LogP contribution is -2.22. The first kappa shape index (κ1) is 12.3. The Hall–Kier alpha value is -0.790. The van der Waals surface area contributed by atoms with Gasteiger partial charge < -0.3 is 5.32 Å². The summed E-state index contributed by atoms with van der Waals surface area (Å²) in [5, 5.41) is 13.0. The van der Waals surface area contributed by atoms with Crippen LogP contribution in [0.2, 0.25) is 5.15 Å². The average molecular weight is 244 g/mol. The topological polar surface area (TPSA) is 48.7 Å². The second kappa shape index (κ2) is 5.34. The van der Waals surface area contributed by atoms with Gasteiger partial charge in [-0.2, -0.15) is 5.26 Å². The smallest absolute Gasteiger partial charge is 0.185 e. The SMILES string of the molecule is CCC(C)C(C)Nc1nc(Cl)c(C#N)s1. The van der Waals surface area contributed by atoms with Crippen molar-refractivity contribution < 1.29 is 0 Å². The number of anilines is 1. The number of thiazole rings is 1. The molecule has 1 N–H and O–H groups in total. The molecular weight excluding hydrogens is 230 g/mol. The molecule has 2 atom stereocenters. The van der Waals surface area contributed by atoms with E-state index in [2.05, 4.69) is 31.1 Å². The van der Waals surface area contributed by atoms with Crippen LogP contribution >= 0.6 is 22.9 Å². The van der Waals surface area contributed by atoms with Crippen LogP contribution in [0.5, 0.6) is 0 Å². The van der Waals surface area contributed by atoms with E-state index in [9.17, 15) is 0 Å². The minimum atomic E-state index is 0.293. The van der Waals surface area contributed by atoms with Gasteiger partial charge in [0.05, 0.1) is 0 Å². The van der Waals surface area contributed by atoms with Crippen LogP contribution in [0.4, 0.5) is 5.13 Å². The van der Waals surface area contributed by atoms with E-state index < -0.39 is 0 Å². The van der Waals surface area contributed by atoms with Gasteiger partial charge >= 0.3 is 0 Å². The normalized spacial score (nSPS) is 14.3. The van der Waals surface area contributed by atoms with Gasteiger partial charge in [0.2, 0.25) is 0 Å². The molecule has 0 spiro atoms. The molecule has 0 amide bonds. The highest BCUT2D eigenvalue weighted by atomic mass is 35.5. The lowest BCUT2D eigenvalue weighted by Gasteiger charge is -2.18. The quantitative estimate of drug-likeness (QED) is 0.880. The molecule has 0 saturated heterocycles. The van der Waals surface area contributed by atoms with Crippen LogP contribution in [0.1, 0.15) is 32.1 Å². The molecule has 0 saturated carbocycles. The third kappa shape index (κ3) is 3.08. The Kier molecular flexibility index (Phi) is 4.37. The molecule has 0 aromatic carbocycles. The van der Waals surface area contributed by atoms with Crippen LogP contribution < -0.4 is 5.32 Å². The summed E-state index contributed by atoms with van der Waals surface area (Å²) in [6.07, 6.45) is 1.11. The number of halogens is 1. The van der Waals surface area contributed by atoms with Gasteiger partial charge in [0.1, 0.15) is 10.9 Å². The third-order valence-corrected chi connectivity index (χ3v) is 3.81. The zero-order valence-corrected chi connectivity index (χ0v) is 10.6. The summed E-state index contributed by atoms with van der Waals surface area (Å²) in [5.74, 6) is 0.568. The fourth-order valence-electron chi connectivity index (χ4n) is 1.12. The van der Waals surface area contributed by atoms with Crippen LogP contribution in [-0.2, 0) is 0 Å². The van der Waals surface area contributed by atoms with E-state index in [-0.39, 0.29) is 0 Å². The summed E-state index contributed by atoms with van der Waals surface area (Å²) < 4.78 is 0. The van der Waals surface area contributed by atoms with E-state index in [1.165, 1.54) is 11.3 Å². The van der Waals surface area contributed by atoms with Crippen molar-refractivity contribution in [2.24, 2.45) is 5.92 Å². The summed E-state index contributed by atoms with van der Waals surface area (Å²) in [6.45, 7) is 6.44. The molecule has 15 heavy (non-hydrogen) atoms. The van der Waals surface area contributed by atoms with E-state index >= 15 is 0 Å². The van der Waals surface area contributed by atoms with E-state index in [1.54, 1.807) is 0 Å². The number of nitrogens with one attached hydrogen (secondary N) is 1. The summed E-state index contributed by atoms with van der Waals surface area (Å²) in [5.41, 5.74) is 0. The number of nitriles is 1. The molecule has 3 nitrogen and oxygen atoms in total. The minimum absolute atomic E-state index is 0.293. The van der Waals surface area contributed by atoms with Crippen molar-refractivity contribution in [1.29, 1.82) is 5.26 Å². The molecule has 0 bridgehead atoms. The maximum Gasteiger partial charge on any atom is 0.185 e. The lowest BCUT2D eigenvalue weighted by atomic mass is 10.0. The number of aromatic nitrogens is 1. The van der Waals surface area contributed by atoms with Gasteiger partial charge in [-0.1, -0.05) is 43.2 Å². The predicted molar refractivity (Wildman–Crippen MR) is 64.4 cm³/mol. The predicted octanol–water partition coefficient (Wildman–Crippen LogP) is 3.51. The van der Waals surface area contributed by atoms with Gasteiger partial charge in [-0.15, -0.1) is 0 Å². The second-order valence-electron chi connectivity index (χ2n) is 3.57. The summed E-state index contributed by atoms with van der Waals surface area (Å²) in [7, 11) is 0. The van der Waals surface area contributed by atoms with Gasteiger partial charge in [-0.05, 0) is 12.8 Å². The van der Waals surface area contributed by atoms with Crippen molar-refractivity contribution in [2.75, 3.05) is 5.32 Å².